The highest BCUT2D eigenvalue weighted by atomic mass is 14.3. The Balaban J connectivity index is 0.000000180. The second-order valence-corrected chi connectivity index (χ2v) is 31.2. The molecular weight excluding hydrogens is 1120 g/mol. The quantitative estimate of drug-likeness (QED) is 0.0438. The molecule has 0 nitrogen and oxygen atoms in total. The van der Waals surface area contributed by atoms with Gasteiger partial charge in [0.25, 0.3) is 0 Å². The molecule has 3 aliphatic carbocycles. The molecule has 0 aromatic heterocycles. The number of rotatable bonds is 29. The van der Waals surface area contributed by atoms with Crippen molar-refractivity contribution in [3.05, 3.63) is 198 Å². The summed E-state index contributed by atoms with van der Waals surface area (Å²) in [5, 5.41) is 9.14. The zero-order chi connectivity index (χ0) is 66.2. The molecule has 0 heteroatoms. The van der Waals surface area contributed by atoms with Gasteiger partial charge in [-0.3, -0.25) is 0 Å². The Bertz CT molecular complexity index is 3350. The van der Waals surface area contributed by atoms with Gasteiger partial charge in [-0.05, 0) is 260 Å². The summed E-state index contributed by atoms with van der Waals surface area (Å²) >= 11 is 0. The summed E-state index contributed by atoms with van der Waals surface area (Å²) < 4.78 is 0. The van der Waals surface area contributed by atoms with Crippen molar-refractivity contribution in [2.45, 2.75) is 315 Å². The molecule has 0 spiro atoms. The van der Waals surface area contributed by atoms with Gasteiger partial charge in [-0.25, -0.2) is 0 Å². The largest absolute Gasteiger partial charge is 0.0810 e. The molecule has 3 unspecified atom stereocenters. The lowest BCUT2D eigenvalue weighted by Gasteiger charge is -2.23. The fourth-order valence-corrected chi connectivity index (χ4v) is 17.5. The topological polar surface area (TPSA) is 0 Å². The fraction of sp³-hybridized carbons (Fsp3) is 0.570. The van der Waals surface area contributed by atoms with E-state index >= 15 is 0 Å². The van der Waals surface area contributed by atoms with E-state index in [2.05, 4.69) is 200 Å². The van der Waals surface area contributed by atoms with Crippen molar-refractivity contribution >= 4 is 32.3 Å². The molecule has 0 heterocycles. The van der Waals surface area contributed by atoms with Crippen molar-refractivity contribution < 1.29 is 0 Å². The van der Waals surface area contributed by atoms with Gasteiger partial charge in [-0.15, -0.1) is 0 Å². The van der Waals surface area contributed by atoms with Crippen LogP contribution in [0.4, 0.5) is 0 Å². The highest BCUT2D eigenvalue weighted by Crippen LogP contribution is 2.37. The summed E-state index contributed by atoms with van der Waals surface area (Å²) in [4.78, 5) is 0. The van der Waals surface area contributed by atoms with Crippen LogP contribution in [0.5, 0.6) is 0 Å². The van der Waals surface area contributed by atoms with Crippen molar-refractivity contribution in [1.29, 1.82) is 0 Å². The smallest absolute Gasteiger partial charge is 0.0146 e. The molecule has 0 amide bonds. The van der Waals surface area contributed by atoms with E-state index in [1.165, 1.54) is 287 Å². The molecule has 2 saturated carbocycles. The van der Waals surface area contributed by atoms with Crippen LogP contribution in [-0.4, -0.2) is 0 Å². The normalized spacial score (nSPS) is 16.2. The van der Waals surface area contributed by atoms with E-state index in [-0.39, 0.29) is 0 Å². The van der Waals surface area contributed by atoms with E-state index in [0.717, 1.165) is 42.9 Å². The van der Waals surface area contributed by atoms with Crippen LogP contribution in [0.25, 0.3) is 32.3 Å². The summed E-state index contributed by atoms with van der Waals surface area (Å²) in [5.41, 5.74) is 25.2. The molecule has 0 aliphatic heterocycles. The van der Waals surface area contributed by atoms with Crippen LogP contribution in [-0.2, 0) is 44.9 Å². The van der Waals surface area contributed by atoms with E-state index in [4.69, 9.17) is 0 Å². The number of fused-ring (bicyclic) bond motifs is 3. The third-order valence-electron chi connectivity index (χ3n) is 22.4. The molecule has 3 aliphatic rings. The van der Waals surface area contributed by atoms with Crippen LogP contribution < -0.4 is 0 Å². The van der Waals surface area contributed by atoms with Crippen molar-refractivity contribution in [3.63, 3.8) is 0 Å². The molecule has 7 aromatic carbocycles. The van der Waals surface area contributed by atoms with Gasteiger partial charge in [0.15, 0.2) is 0 Å². The third kappa shape index (κ3) is 23.0. The average molecular weight is 1250 g/mol. The first-order chi connectivity index (χ1) is 45.0. The molecule has 10 rings (SSSR count). The Labute approximate surface area is 571 Å². The highest BCUT2D eigenvalue weighted by Gasteiger charge is 2.20. The molecule has 3 atom stereocenters. The number of hydrogen-bond donors (Lipinski definition) is 0. The lowest BCUT2D eigenvalue weighted by Crippen LogP contribution is -2.08. The van der Waals surface area contributed by atoms with Crippen LogP contribution in [0.1, 0.15) is 298 Å². The minimum absolute atomic E-state index is 0.686. The lowest BCUT2D eigenvalue weighted by molar-refractivity contribution is 0.339. The highest BCUT2D eigenvalue weighted by molar-refractivity contribution is 5.92. The first-order valence-electron chi connectivity index (χ1n) is 39.0. The Kier molecular flexibility index (Phi) is 30.0. The maximum atomic E-state index is 2.48. The van der Waals surface area contributed by atoms with Crippen molar-refractivity contribution in [1.82, 2.24) is 0 Å². The summed E-state index contributed by atoms with van der Waals surface area (Å²) in [7, 11) is 0. The molecule has 0 saturated heterocycles. The predicted molar refractivity (Wildman–Crippen MR) is 414 cm³/mol. The maximum Gasteiger partial charge on any atom is -0.0146 e. The van der Waals surface area contributed by atoms with Crippen LogP contribution >= 0.6 is 0 Å². The predicted octanol–water partition coefficient (Wildman–Crippen LogP) is 28.1. The summed E-state index contributed by atoms with van der Waals surface area (Å²) in [6, 6.07) is 36.5. The second-order valence-electron chi connectivity index (χ2n) is 31.2. The third-order valence-corrected chi connectivity index (χ3v) is 22.4. The lowest BCUT2D eigenvalue weighted by atomic mass is 9.83. The molecular formula is C93H132. The molecule has 2 fully saturated rings. The van der Waals surface area contributed by atoms with Crippen molar-refractivity contribution in [2.75, 3.05) is 0 Å². The van der Waals surface area contributed by atoms with E-state index in [0.29, 0.717) is 5.92 Å². The Morgan fingerprint density at radius 3 is 1.01 bits per heavy atom. The summed E-state index contributed by atoms with van der Waals surface area (Å²) in [6.07, 6.45) is 50.7. The standard InChI is InChI=1S/C33H40.C32H52.C28H40/c1-22-10-11-29(27(6)15-22)12-13-31-19-26(5)20-32-30(18-25(4)21-33(31)32)9-7-8-28-16-23(2)14-24(3)17-28;1-7-11-15-27(13-9-3)17-19-29-21-25(5)24-32-30(22-26(6)23-31(29)32)20-18-28(14-10-4)16-12-8-2;1-21-17-25(15-13-23-9-5-3-6-10-23)28-20-22(2)18-26(27(28)19-21)16-14-24-11-7-4-8-12-24/h10,14-21,29H,7-9,11-13H2,1-6H3;21-24,27-28H,7-20H2,1-6H3;17-20,23-24H,3-16H2,1-2H3. The van der Waals surface area contributed by atoms with E-state index in [1.807, 2.05) is 0 Å². The monoisotopic (exact) mass is 1250 g/mol. The fourth-order valence-electron chi connectivity index (χ4n) is 17.5. The van der Waals surface area contributed by atoms with Gasteiger partial charge in [-0.1, -0.05) is 315 Å². The van der Waals surface area contributed by atoms with E-state index in [1.54, 1.807) is 38.6 Å². The minimum Gasteiger partial charge on any atom is -0.0810 e. The molecule has 0 bridgehead atoms. The molecule has 504 valence electrons. The molecule has 93 heavy (non-hydrogen) atoms. The minimum atomic E-state index is 0.686. The Hall–Kier alpha value is -5.20. The van der Waals surface area contributed by atoms with E-state index in [9.17, 15) is 0 Å². The molecule has 0 radical (unpaired) electrons. The SMILES string of the molecule is CC1=CCC(CCc2cc(C)cc3c(CCCc4cc(C)cc(C)c4)cc(C)cc23)C(C)=C1.CCCCC(CCC)CCc1cc(C)cc2c(CCC(CCC)CCCC)cc(C)cc12.Cc1cc(CCC2CCCCC2)c2cc(C)cc(CCC3CCCCC3)c2c1. The maximum absolute atomic E-state index is 2.48. The van der Waals surface area contributed by atoms with Gasteiger partial charge >= 0.3 is 0 Å². The van der Waals surface area contributed by atoms with Crippen LogP contribution in [0, 0.1) is 85.0 Å². The van der Waals surface area contributed by atoms with Crippen LogP contribution in [0.2, 0.25) is 0 Å². The molecule has 7 aromatic rings. The van der Waals surface area contributed by atoms with Gasteiger partial charge in [0, 0.05) is 0 Å². The number of allylic oxidation sites excluding steroid dienone is 4. The molecule has 0 N–H and O–H groups in total. The summed E-state index contributed by atoms with van der Waals surface area (Å²) in [5.74, 6) is 4.42. The first kappa shape index (κ1) is 73.6. The van der Waals surface area contributed by atoms with Crippen molar-refractivity contribution in [2.24, 2.45) is 29.6 Å². The van der Waals surface area contributed by atoms with Crippen LogP contribution in [0.3, 0.4) is 0 Å². The zero-order valence-corrected chi connectivity index (χ0v) is 62.2. The number of aryl methyl sites for hydroxylation is 15. The van der Waals surface area contributed by atoms with Crippen molar-refractivity contribution in [3.8, 4) is 0 Å². The number of benzene rings is 7. The average Bonchev–Trinajstić information content (AvgIpc) is 0.846. The van der Waals surface area contributed by atoms with Gasteiger partial charge in [0.1, 0.15) is 0 Å². The second kappa shape index (κ2) is 37.9. The van der Waals surface area contributed by atoms with Gasteiger partial charge in [0.2, 0.25) is 0 Å². The van der Waals surface area contributed by atoms with Crippen LogP contribution in [0.15, 0.2) is 114 Å². The first-order valence-corrected chi connectivity index (χ1v) is 39.0. The Morgan fingerprint density at radius 1 is 0.312 bits per heavy atom. The Morgan fingerprint density at radius 2 is 0.656 bits per heavy atom. The number of hydrogen-bond acceptors (Lipinski definition) is 0. The summed E-state index contributed by atoms with van der Waals surface area (Å²) in [6.45, 7) is 32.0. The van der Waals surface area contributed by atoms with Gasteiger partial charge < -0.3 is 0 Å². The zero-order valence-electron chi connectivity index (χ0n) is 62.2. The van der Waals surface area contributed by atoms with Gasteiger partial charge in [-0.2, -0.15) is 0 Å². The van der Waals surface area contributed by atoms with Gasteiger partial charge in [0.05, 0.1) is 0 Å². The number of unbranched alkanes of at least 4 members (excludes halogenated alkanes) is 2. The van der Waals surface area contributed by atoms with E-state index < -0.39 is 0 Å².